The van der Waals surface area contributed by atoms with E-state index >= 15 is 0 Å². The third-order valence-corrected chi connectivity index (χ3v) is 7.62. The number of halogens is 1. The normalized spacial score (nSPS) is 16.3. The summed E-state index contributed by atoms with van der Waals surface area (Å²) >= 11 is 0. The molecular formula is C33H30FN3O6. The Morgan fingerprint density at radius 3 is 2.65 bits per heavy atom. The minimum atomic E-state index is -0.648. The first-order valence-electron chi connectivity index (χ1n) is 14.0. The van der Waals surface area contributed by atoms with Gasteiger partial charge in [0.25, 0.3) is 11.8 Å². The second-order valence-corrected chi connectivity index (χ2v) is 10.5. The Balaban J connectivity index is 1.47. The van der Waals surface area contributed by atoms with Crippen molar-refractivity contribution in [3.8, 4) is 23.0 Å². The van der Waals surface area contributed by atoms with Crippen molar-refractivity contribution in [1.82, 2.24) is 15.2 Å². The fourth-order valence-corrected chi connectivity index (χ4v) is 5.62. The molecule has 0 saturated heterocycles. The van der Waals surface area contributed by atoms with Crippen LogP contribution >= 0.6 is 0 Å². The molecule has 1 unspecified atom stereocenters. The van der Waals surface area contributed by atoms with Gasteiger partial charge in [-0.3, -0.25) is 14.4 Å². The zero-order valence-electron chi connectivity index (χ0n) is 23.7. The van der Waals surface area contributed by atoms with Crippen LogP contribution in [-0.4, -0.2) is 48.5 Å². The molecule has 0 fully saturated rings. The summed E-state index contributed by atoms with van der Waals surface area (Å²) < 4.78 is 32.2. The number of aromatic nitrogens is 1. The largest absolute Gasteiger partial charge is 0.493 e. The lowest BCUT2D eigenvalue weighted by Crippen LogP contribution is -2.41. The number of rotatable bonds is 2. The summed E-state index contributed by atoms with van der Waals surface area (Å²) in [5.41, 5.74) is 3.11. The number of pyridine rings is 1. The summed E-state index contributed by atoms with van der Waals surface area (Å²) in [4.78, 5) is 43.3. The summed E-state index contributed by atoms with van der Waals surface area (Å²) in [7, 11) is 1.55. The van der Waals surface area contributed by atoms with Gasteiger partial charge >= 0.3 is 0 Å². The minimum Gasteiger partial charge on any atom is -0.493 e. The van der Waals surface area contributed by atoms with Crippen molar-refractivity contribution in [2.45, 2.75) is 25.8 Å². The molecule has 4 heterocycles. The van der Waals surface area contributed by atoms with Gasteiger partial charge < -0.3 is 29.4 Å². The molecule has 3 aliphatic rings. The first-order chi connectivity index (χ1) is 20.8. The second-order valence-electron chi connectivity index (χ2n) is 10.5. The monoisotopic (exact) mass is 583 g/mol. The van der Waals surface area contributed by atoms with E-state index in [1.165, 1.54) is 24.3 Å². The lowest BCUT2D eigenvalue weighted by atomic mass is 9.87. The molecule has 220 valence electrons. The number of carbonyl (C=O) groups is 2. The molecule has 0 saturated carbocycles. The molecule has 7 rings (SSSR count). The van der Waals surface area contributed by atoms with Crippen LogP contribution < -0.4 is 25.1 Å². The summed E-state index contributed by atoms with van der Waals surface area (Å²) in [6, 6.07) is 17.7. The molecule has 10 heteroatoms. The van der Waals surface area contributed by atoms with E-state index in [2.05, 4.69) is 10.3 Å². The third kappa shape index (κ3) is 5.68. The van der Waals surface area contributed by atoms with Gasteiger partial charge in [0.15, 0.2) is 11.5 Å². The Labute approximate surface area is 247 Å². The van der Waals surface area contributed by atoms with Gasteiger partial charge in [-0.1, -0.05) is 12.1 Å². The molecule has 2 N–H and O–H groups in total. The van der Waals surface area contributed by atoms with Crippen LogP contribution in [0.2, 0.25) is 0 Å². The van der Waals surface area contributed by atoms with Crippen molar-refractivity contribution < 1.29 is 28.2 Å². The molecule has 1 atom stereocenters. The Morgan fingerprint density at radius 2 is 1.84 bits per heavy atom. The Bertz CT molecular complexity index is 1790. The Hall–Kier alpha value is -5.12. The highest BCUT2D eigenvalue weighted by atomic mass is 19.1. The maximum absolute atomic E-state index is 14.5. The average molecular weight is 584 g/mol. The molecule has 3 aromatic carbocycles. The molecule has 0 spiro atoms. The number of nitrogens with zero attached hydrogens (tertiary/aromatic N) is 1. The SMILES string of the molecule is COc1ccc2cc1OCCCNC(=O)c1cc(ccc1F)Oc1ccc3c(c1)CCN(C(=O)c1cc(C)[nH]c(=O)c1)C23. The molecule has 8 bridgehead atoms. The topological polar surface area (TPSA) is 110 Å². The Morgan fingerprint density at radius 1 is 1.02 bits per heavy atom. The van der Waals surface area contributed by atoms with E-state index in [0.717, 1.165) is 16.7 Å². The Kier molecular flexibility index (Phi) is 7.58. The van der Waals surface area contributed by atoms with E-state index in [9.17, 15) is 18.8 Å². The lowest BCUT2D eigenvalue weighted by molar-refractivity contribution is 0.0693. The van der Waals surface area contributed by atoms with E-state index < -0.39 is 17.8 Å². The number of nitrogens with one attached hydrogen (secondary N) is 2. The maximum atomic E-state index is 14.5. The molecule has 2 amide bonds. The van der Waals surface area contributed by atoms with E-state index in [4.69, 9.17) is 14.2 Å². The molecule has 0 aliphatic carbocycles. The van der Waals surface area contributed by atoms with Crippen LogP contribution in [0.4, 0.5) is 4.39 Å². The zero-order chi connectivity index (χ0) is 30.1. The van der Waals surface area contributed by atoms with Gasteiger partial charge in [-0.15, -0.1) is 0 Å². The van der Waals surface area contributed by atoms with Crippen molar-refractivity contribution in [3.05, 3.63) is 116 Å². The molecule has 3 aliphatic heterocycles. The number of hydrogen-bond acceptors (Lipinski definition) is 6. The van der Waals surface area contributed by atoms with E-state index in [0.29, 0.717) is 53.6 Å². The van der Waals surface area contributed by atoms with Crippen LogP contribution in [0.1, 0.15) is 55.6 Å². The van der Waals surface area contributed by atoms with E-state index in [1.54, 1.807) is 37.1 Å². The number of benzene rings is 3. The summed E-state index contributed by atoms with van der Waals surface area (Å²) in [5.74, 6) is 0.384. The molecule has 1 aromatic heterocycles. The number of carbonyl (C=O) groups excluding carboxylic acids is 2. The first-order valence-corrected chi connectivity index (χ1v) is 14.0. The smallest absolute Gasteiger partial charge is 0.254 e. The number of ether oxygens (including phenoxy) is 3. The number of aromatic amines is 1. The van der Waals surface area contributed by atoms with Crippen molar-refractivity contribution in [2.75, 3.05) is 26.8 Å². The predicted molar refractivity (Wildman–Crippen MR) is 157 cm³/mol. The van der Waals surface area contributed by atoms with Crippen molar-refractivity contribution in [2.24, 2.45) is 0 Å². The van der Waals surface area contributed by atoms with Crippen molar-refractivity contribution in [3.63, 3.8) is 0 Å². The van der Waals surface area contributed by atoms with Crippen LogP contribution in [0.15, 0.2) is 71.5 Å². The molecule has 9 nitrogen and oxygen atoms in total. The van der Waals surface area contributed by atoms with E-state index in [-0.39, 0.29) is 30.2 Å². The maximum Gasteiger partial charge on any atom is 0.254 e. The number of aryl methyl sites for hydroxylation is 1. The highest BCUT2D eigenvalue weighted by molar-refractivity contribution is 5.95. The second kappa shape index (κ2) is 11.6. The molecular weight excluding hydrogens is 553 g/mol. The first kappa shape index (κ1) is 28.0. The summed E-state index contributed by atoms with van der Waals surface area (Å²) in [6.07, 6.45) is 0.991. The van der Waals surface area contributed by atoms with Gasteiger partial charge in [-0.05, 0) is 85.0 Å². The zero-order valence-corrected chi connectivity index (χ0v) is 23.7. The van der Waals surface area contributed by atoms with Gasteiger partial charge in [0.1, 0.15) is 17.3 Å². The minimum absolute atomic E-state index is 0.115. The van der Waals surface area contributed by atoms with Crippen LogP contribution in [-0.2, 0) is 6.42 Å². The number of methoxy groups -OCH3 is 1. The molecule has 4 aromatic rings. The highest BCUT2D eigenvalue weighted by Crippen LogP contribution is 2.41. The molecule has 0 radical (unpaired) electrons. The highest BCUT2D eigenvalue weighted by Gasteiger charge is 2.34. The van der Waals surface area contributed by atoms with Gasteiger partial charge in [0.05, 0.1) is 25.3 Å². The number of fused-ring (bicyclic) bond motifs is 6. The van der Waals surface area contributed by atoms with Crippen LogP contribution in [0.3, 0.4) is 0 Å². The number of hydrogen-bond donors (Lipinski definition) is 2. The fraction of sp³-hybridized carbons (Fsp3) is 0.242. The van der Waals surface area contributed by atoms with Crippen LogP contribution in [0, 0.1) is 12.7 Å². The molecule has 43 heavy (non-hydrogen) atoms. The van der Waals surface area contributed by atoms with Crippen molar-refractivity contribution >= 4 is 11.8 Å². The average Bonchev–Trinajstić information content (AvgIpc) is 2.99. The van der Waals surface area contributed by atoms with Gasteiger partial charge in [-0.2, -0.15) is 0 Å². The third-order valence-electron chi connectivity index (χ3n) is 7.62. The number of H-pyrrole nitrogens is 1. The van der Waals surface area contributed by atoms with Crippen LogP contribution in [0.5, 0.6) is 23.0 Å². The quantitative estimate of drug-likeness (QED) is 0.347. The van der Waals surface area contributed by atoms with Gasteiger partial charge in [-0.25, -0.2) is 4.39 Å². The van der Waals surface area contributed by atoms with Gasteiger partial charge in [0, 0.05) is 30.4 Å². The lowest BCUT2D eigenvalue weighted by Gasteiger charge is -2.38. The summed E-state index contributed by atoms with van der Waals surface area (Å²) in [5, 5.41) is 2.73. The van der Waals surface area contributed by atoms with Gasteiger partial charge in [0.2, 0.25) is 5.56 Å². The van der Waals surface area contributed by atoms with Crippen molar-refractivity contribution in [1.29, 1.82) is 0 Å². The fourth-order valence-electron chi connectivity index (χ4n) is 5.62. The van der Waals surface area contributed by atoms with Crippen LogP contribution in [0.25, 0.3) is 0 Å². The standard InChI is InChI=1S/C33H30FN3O6/c1-19-14-22(17-30(38)36-19)33(40)37-12-10-20-15-23-5-7-25(20)31(37)21-4-9-28(41-2)29(16-21)42-13-3-11-35-32(39)26-18-24(43-23)6-8-27(26)34/h4-9,14-18,31H,3,10-13H2,1-2H3,(H,35,39)(H,36,38). The number of amides is 2. The summed E-state index contributed by atoms with van der Waals surface area (Å²) in [6.45, 7) is 2.64. The predicted octanol–water partition coefficient (Wildman–Crippen LogP) is 4.92. The van der Waals surface area contributed by atoms with E-state index in [1.807, 2.05) is 24.3 Å².